The fourth-order valence-electron chi connectivity index (χ4n) is 3.37. The summed E-state index contributed by atoms with van der Waals surface area (Å²) in [6.07, 6.45) is 0. The molecule has 3 heterocycles. The Morgan fingerprint density at radius 2 is 2.28 bits per heavy atom. The number of nitrogens with one attached hydrogen (secondary N) is 1. The van der Waals surface area contributed by atoms with Crippen molar-refractivity contribution in [1.29, 1.82) is 0 Å². The molecule has 1 saturated heterocycles. The molecule has 0 aliphatic carbocycles. The summed E-state index contributed by atoms with van der Waals surface area (Å²) >= 11 is 1.47. The summed E-state index contributed by atoms with van der Waals surface area (Å²) in [5.74, 6) is -0.227. The minimum Gasteiger partial charge on any atom is -0.314 e. The summed E-state index contributed by atoms with van der Waals surface area (Å²) < 4.78 is 15.2. The summed E-state index contributed by atoms with van der Waals surface area (Å²) in [5.41, 5.74) is 2.56. The van der Waals surface area contributed by atoms with E-state index in [-0.39, 0.29) is 17.4 Å². The summed E-state index contributed by atoms with van der Waals surface area (Å²) in [6.45, 7) is 4.92. The molecule has 25 heavy (non-hydrogen) atoms. The van der Waals surface area contributed by atoms with Crippen molar-refractivity contribution in [2.75, 3.05) is 19.6 Å². The standard InChI is InChI=1S/C18H19FN4OS/c1-12-11-25-18-21-15(8-17(24)23(12)18)10-22-6-5-20-9-16(22)13-3-2-4-14(19)7-13/h2-4,7-8,11,16,20H,5-6,9-10H2,1H3. The van der Waals surface area contributed by atoms with Crippen LogP contribution in [0.5, 0.6) is 0 Å². The van der Waals surface area contributed by atoms with Gasteiger partial charge in [-0.15, -0.1) is 11.3 Å². The molecule has 130 valence electrons. The van der Waals surface area contributed by atoms with Crippen molar-refractivity contribution in [3.8, 4) is 0 Å². The van der Waals surface area contributed by atoms with Crippen LogP contribution in [0, 0.1) is 12.7 Å². The predicted molar refractivity (Wildman–Crippen MR) is 96.5 cm³/mol. The number of fused-ring (bicyclic) bond motifs is 1. The Morgan fingerprint density at radius 3 is 3.12 bits per heavy atom. The van der Waals surface area contributed by atoms with Crippen LogP contribution in [0.4, 0.5) is 4.39 Å². The van der Waals surface area contributed by atoms with E-state index in [0.717, 1.165) is 41.5 Å². The van der Waals surface area contributed by atoms with Crippen LogP contribution in [0.2, 0.25) is 0 Å². The zero-order chi connectivity index (χ0) is 17.4. The van der Waals surface area contributed by atoms with E-state index in [9.17, 15) is 9.18 Å². The van der Waals surface area contributed by atoms with Gasteiger partial charge in [0.25, 0.3) is 5.56 Å². The third-order valence-corrected chi connectivity index (χ3v) is 5.53. The summed E-state index contributed by atoms with van der Waals surface area (Å²) in [6, 6.07) is 8.40. The van der Waals surface area contributed by atoms with Crippen LogP contribution in [0.15, 0.2) is 40.5 Å². The van der Waals surface area contributed by atoms with Crippen LogP contribution in [0.25, 0.3) is 4.96 Å². The maximum Gasteiger partial charge on any atom is 0.259 e. The van der Waals surface area contributed by atoms with E-state index in [2.05, 4.69) is 15.2 Å². The number of hydrogen-bond acceptors (Lipinski definition) is 5. The van der Waals surface area contributed by atoms with Crippen LogP contribution in [-0.2, 0) is 6.54 Å². The second-order valence-corrected chi connectivity index (χ2v) is 7.16. The number of piperazine rings is 1. The number of rotatable bonds is 3. The Balaban J connectivity index is 1.65. The molecule has 4 rings (SSSR count). The number of nitrogens with zero attached hydrogens (tertiary/aromatic N) is 3. The summed E-state index contributed by atoms with van der Waals surface area (Å²) in [7, 11) is 0. The molecule has 3 aromatic rings. The van der Waals surface area contributed by atoms with E-state index >= 15 is 0 Å². The zero-order valence-electron chi connectivity index (χ0n) is 13.9. The highest BCUT2D eigenvalue weighted by Gasteiger charge is 2.24. The molecule has 5 nitrogen and oxygen atoms in total. The van der Waals surface area contributed by atoms with Gasteiger partial charge >= 0.3 is 0 Å². The first-order valence-corrected chi connectivity index (χ1v) is 9.17. The van der Waals surface area contributed by atoms with Crippen LogP contribution in [-0.4, -0.2) is 33.9 Å². The Kier molecular flexibility index (Phi) is 4.37. The molecular formula is C18H19FN4OS. The first kappa shape index (κ1) is 16.4. The lowest BCUT2D eigenvalue weighted by atomic mass is 10.0. The minimum absolute atomic E-state index is 0.0452. The lowest BCUT2D eigenvalue weighted by Gasteiger charge is -2.36. The lowest BCUT2D eigenvalue weighted by Crippen LogP contribution is -2.45. The Morgan fingerprint density at radius 1 is 1.40 bits per heavy atom. The van der Waals surface area contributed by atoms with Crippen molar-refractivity contribution in [1.82, 2.24) is 19.6 Å². The third-order valence-electron chi connectivity index (χ3n) is 4.58. The van der Waals surface area contributed by atoms with Crippen molar-refractivity contribution in [3.05, 3.63) is 68.8 Å². The van der Waals surface area contributed by atoms with E-state index in [1.165, 1.54) is 17.4 Å². The van der Waals surface area contributed by atoms with Crippen LogP contribution in [0.3, 0.4) is 0 Å². The summed E-state index contributed by atoms with van der Waals surface area (Å²) in [4.78, 5) is 20.0. The van der Waals surface area contributed by atoms with Gasteiger partial charge in [0.1, 0.15) is 5.82 Å². The smallest absolute Gasteiger partial charge is 0.259 e. The maximum absolute atomic E-state index is 13.6. The predicted octanol–water partition coefficient (Wildman–Crippen LogP) is 2.35. The first-order valence-electron chi connectivity index (χ1n) is 8.29. The molecule has 1 unspecified atom stereocenters. The van der Waals surface area contributed by atoms with Crippen molar-refractivity contribution in [3.63, 3.8) is 0 Å². The molecule has 1 aromatic carbocycles. The van der Waals surface area contributed by atoms with E-state index in [1.807, 2.05) is 18.4 Å². The van der Waals surface area contributed by atoms with Crippen molar-refractivity contribution >= 4 is 16.3 Å². The van der Waals surface area contributed by atoms with Gasteiger partial charge in [0.2, 0.25) is 0 Å². The molecule has 0 spiro atoms. The van der Waals surface area contributed by atoms with Crippen LogP contribution >= 0.6 is 11.3 Å². The quantitative estimate of drug-likeness (QED) is 0.781. The second kappa shape index (κ2) is 6.67. The fourth-order valence-corrected chi connectivity index (χ4v) is 4.26. The van der Waals surface area contributed by atoms with Crippen molar-refractivity contribution < 1.29 is 4.39 Å². The number of aryl methyl sites for hydroxylation is 1. The molecule has 1 aliphatic rings. The van der Waals surface area contributed by atoms with Gasteiger partial charge in [-0.25, -0.2) is 9.37 Å². The number of benzene rings is 1. The van der Waals surface area contributed by atoms with Gasteiger partial charge in [-0.2, -0.15) is 0 Å². The third kappa shape index (κ3) is 3.22. The topological polar surface area (TPSA) is 49.6 Å². The van der Waals surface area contributed by atoms with Crippen LogP contribution in [0.1, 0.15) is 23.0 Å². The van der Waals surface area contributed by atoms with E-state index in [1.54, 1.807) is 22.6 Å². The van der Waals surface area contributed by atoms with Crippen LogP contribution < -0.4 is 10.9 Å². The number of halogens is 1. The average Bonchev–Trinajstić information content (AvgIpc) is 2.97. The van der Waals surface area contributed by atoms with E-state index in [4.69, 9.17) is 0 Å². The minimum atomic E-state index is -0.227. The molecule has 0 bridgehead atoms. The molecule has 2 aromatic heterocycles. The highest BCUT2D eigenvalue weighted by Crippen LogP contribution is 2.24. The summed E-state index contributed by atoms with van der Waals surface area (Å²) in [5, 5.41) is 5.30. The van der Waals surface area contributed by atoms with Gasteiger partial charge in [0.15, 0.2) is 4.96 Å². The molecule has 1 fully saturated rings. The van der Waals surface area contributed by atoms with E-state index < -0.39 is 0 Å². The SMILES string of the molecule is Cc1csc2nc(CN3CCNCC3c3cccc(F)c3)cc(=O)n12. The fraction of sp³-hybridized carbons (Fsp3) is 0.333. The lowest BCUT2D eigenvalue weighted by molar-refractivity contribution is 0.151. The van der Waals surface area contributed by atoms with Gasteiger partial charge in [-0.05, 0) is 24.6 Å². The Labute approximate surface area is 148 Å². The number of thiazole rings is 1. The van der Waals surface area contributed by atoms with Crippen molar-refractivity contribution in [2.24, 2.45) is 0 Å². The Hall–Kier alpha value is -2.09. The second-order valence-electron chi connectivity index (χ2n) is 6.33. The van der Waals surface area contributed by atoms with Crippen molar-refractivity contribution in [2.45, 2.75) is 19.5 Å². The molecule has 1 atom stereocenters. The monoisotopic (exact) mass is 358 g/mol. The molecule has 1 N–H and O–H groups in total. The molecule has 0 amide bonds. The van der Waals surface area contributed by atoms with Gasteiger partial charge < -0.3 is 5.32 Å². The molecule has 0 radical (unpaired) electrons. The highest BCUT2D eigenvalue weighted by atomic mass is 32.1. The molecular weight excluding hydrogens is 339 g/mol. The zero-order valence-corrected chi connectivity index (χ0v) is 14.7. The maximum atomic E-state index is 13.6. The van der Waals surface area contributed by atoms with Gasteiger partial charge in [-0.1, -0.05) is 12.1 Å². The normalized spacial score (nSPS) is 18.7. The Bertz CT molecular complexity index is 967. The highest BCUT2D eigenvalue weighted by molar-refractivity contribution is 7.15. The average molecular weight is 358 g/mol. The van der Waals surface area contributed by atoms with Gasteiger partial charge in [-0.3, -0.25) is 14.1 Å². The number of aromatic nitrogens is 2. The first-order chi connectivity index (χ1) is 12.1. The van der Waals surface area contributed by atoms with E-state index in [0.29, 0.717) is 6.54 Å². The molecule has 7 heteroatoms. The molecule has 0 saturated carbocycles. The molecule has 1 aliphatic heterocycles. The largest absolute Gasteiger partial charge is 0.314 e. The van der Waals surface area contributed by atoms with Gasteiger partial charge in [0.05, 0.1) is 5.69 Å². The number of hydrogen-bond donors (Lipinski definition) is 1. The van der Waals surface area contributed by atoms with Gasteiger partial charge in [0, 0.05) is 49.4 Å².